The molecule has 0 atom stereocenters. The fourth-order valence-electron chi connectivity index (χ4n) is 2.66. The lowest BCUT2D eigenvalue weighted by Gasteiger charge is -2.23. The third kappa shape index (κ3) is 1.52. The van der Waals surface area contributed by atoms with Gasteiger partial charge < -0.3 is 9.80 Å². The molecule has 1 amide bonds. The van der Waals surface area contributed by atoms with Crippen molar-refractivity contribution in [1.29, 1.82) is 0 Å². The minimum atomic E-state index is -0.0366. The van der Waals surface area contributed by atoms with Crippen molar-refractivity contribution >= 4 is 23.2 Å². The second-order valence-electron chi connectivity index (χ2n) is 5.19. The highest BCUT2D eigenvalue weighted by atomic mass is 16.2. The lowest BCUT2D eigenvalue weighted by atomic mass is 10.2. The molecular formula is C15H14N4O. The predicted molar refractivity (Wildman–Crippen MR) is 76.4 cm³/mol. The summed E-state index contributed by atoms with van der Waals surface area (Å²) in [7, 11) is 1.79. The van der Waals surface area contributed by atoms with Crippen molar-refractivity contribution in [3.8, 4) is 0 Å². The molecule has 0 aromatic carbocycles. The van der Waals surface area contributed by atoms with Crippen molar-refractivity contribution < 1.29 is 4.79 Å². The minimum absolute atomic E-state index is 0.0366. The summed E-state index contributed by atoms with van der Waals surface area (Å²) in [5, 5.41) is 0. The maximum absolute atomic E-state index is 12.6. The molecule has 1 saturated carbocycles. The van der Waals surface area contributed by atoms with E-state index >= 15 is 0 Å². The molecule has 0 unspecified atom stereocenters. The Kier molecular flexibility index (Phi) is 2.30. The molecule has 0 radical (unpaired) electrons. The zero-order valence-corrected chi connectivity index (χ0v) is 11.2. The van der Waals surface area contributed by atoms with Gasteiger partial charge in [-0.1, -0.05) is 0 Å². The maximum Gasteiger partial charge on any atom is 0.261 e. The number of aromatic nitrogens is 2. The first-order valence-corrected chi connectivity index (χ1v) is 6.74. The van der Waals surface area contributed by atoms with Gasteiger partial charge in [-0.15, -0.1) is 0 Å². The molecule has 3 heterocycles. The molecule has 100 valence electrons. The number of carbonyl (C=O) groups is 1. The second-order valence-corrected chi connectivity index (χ2v) is 5.19. The number of carbonyl (C=O) groups excluding carboxylic acids is 1. The van der Waals surface area contributed by atoms with Gasteiger partial charge in [-0.05, 0) is 37.1 Å². The predicted octanol–water partition coefficient (Wildman–Crippen LogP) is 2.37. The first kappa shape index (κ1) is 11.4. The van der Waals surface area contributed by atoms with E-state index in [1.54, 1.807) is 30.4 Å². The van der Waals surface area contributed by atoms with Gasteiger partial charge in [-0.2, -0.15) is 0 Å². The first-order valence-electron chi connectivity index (χ1n) is 6.74. The Balaban J connectivity index is 2.02. The number of hydrogen-bond donors (Lipinski definition) is 0. The van der Waals surface area contributed by atoms with Crippen LogP contribution in [0.4, 0.5) is 17.3 Å². The molecule has 5 nitrogen and oxygen atoms in total. The van der Waals surface area contributed by atoms with Crippen LogP contribution < -0.4 is 9.80 Å². The number of anilines is 3. The Bertz CT molecular complexity index is 696. The monoisotopic (exact) mass is 266 g/mol. The maximum atomic E-state index is 12.6. The SMILES string of the molecule is CN1C(=O)c2cccnc2N(C2CC2)c2ncccc21. The summed E-state index contributed by atoms with van der Waals surface area (Å²) in [5.74, 6) is 1.51. The van der Waals surface area contributed by atoms with Crippen molar-refractivity contribution in [3.05, 3.63) is 42.2 Å². The summed E-state index contributed by atoms with van der Waals surface area (Å²) in [4.78, 5) is 25.3. The van der Waals surface area contributed by atoms with Crippen molar-refractivity contribution in [2.24, 2.45) is 0 Å². The van der Waals surface area contributed by atoms with E-state index in [4.69, 9.17) is 0 Å². The highest BCUT2D eigenvalue weighted by Gasteiger charge is 2.38. The fourth-order valence-corrected chi connectivity index (χ4v) is 2.66. The van der Waals surface area contributed by atoms with Crippen LogP contribution in [0.1, 0.15) is 23.2 Å². The molecule has 1 aliphatic heterocycles. The lowest BCUT2D eigenvalue weighted by molar-refractivity contribution is 0.0994. The smallest absolute Gasteiger partial charge is 0.261 e. The summed E-state index contributed by atoms with van der Waals surface area (Å²) in [6.07, 6.45) is 5.73. The van der Waals surface area contributed by atoms with Crippen LogP contribution in [0.3, 0.4) is 0 Å². The van der Waals surface area contributed by atoms with Crippen LogP contribution in [0, 0.1) is 0 Å². The van der Waals surface area contributed by atoms with E-state index in [0.29, 0.717) is 11.6 Å². The van der Waals surface area contributed by atoms with Gasteiger partial charge in [0.2, 0.25) is 0 Å². The summed E-state index contributed by atoms with van der Waals surface area (Å²) in [5.41, 5.74) is 1.47. The van der Waals surface area contributed by atoms with Crippen molar-refractivity contribution in [2.45, 2.75) is 18.9 Å². The topological polar surface area (TPSA) is 49.3 Å². The number of amides is 1. The number of rotatable bonds is 1. The third-order valence-corrected chi connectivity index (χ3v) is 3.82. The average molecular weight is 266 g/mol. The quantitative estimate of drug-likeness (QED) is 0.795. The Labute approximate surface area is 116 Å². The van der Waals surface area contributed by atoms with Crippen LogP contribution in [-0.4, -0.2) is 29.0 Å². The van der Waals surface area contributed by atoms with Crippen molar-refractivity contribution in [1.82, 2.24) is 9.97 Å². The molecule has 0 saturated heterocycles. The Morgan fingerprint density at radius 3 is 2.55 bits per heavy atom. The van der Waals surface area contributed by atoms with Gasteiger partial charge in [-0.3, -0.25) is 4.79 Å². The van der Waals surface area contributed by atoms with Crippen molar-refractivity contribution in [3.63, 3.8) is 0 Å². The number of fused-ring (bicyclic) bond motifs is 2. The van der Waals surface area contributed by atoms with Gasteiger partial charge in [0.1, 0.15) is 5.82 Å². The Morgan fingerprint density at radius 2 is 1.80 bits per heavy atom. The summed E-state index contributed by atoms with van der Waals surface area (Å²) in [6.45, 7) is 0. The highest BCUT2D eigenvalue weighted by Crippen LogP contribution is 2.43. The summed E-state index contributed by atoms with van der Waals surface area (Å²) in [6, 6.07) is 7.83. The van der Waals surface area contributed by atoms with E-state index in [9.17, 15) is 4.79 Å². The zero-order valence-electron chi connectivity index (χ0n) is 11.2. The Morgan fingerprint density at radius 1 is 1.10 bits per heavy atom. The van der Waals surface area contributed by atoms with Crippen molar-refractivity contribution in [2.75, 3.05) is 16.8 Å². The standard InChI is InChI=1S/C15H14N4O/c1-18-12-5-3-9-17-14(12)19(10-6-7-10)13-11(15(18)20)4-2-8-16-13/h2-5,8-10H,6-7H2,1H3. The van der Waals surface area contributed by atoms with Crippen LogP contribution in [0.2, 0.25) is 0 Å². The Hall–Kier alpha value is -2.43. The van der Waals surface area contributed by atoms with Gasteiger partial charge in [-0.25, -0.2) is 9.97 Å². The van der Waals surface area contributed by atoms with Gasteiger partial charge in [0.05, 0.1) is 11.3 Å². The molecule has 20 heavy (non-hydrogen) atoms. The molecule has 0 N–H and O–H groups in total. The van der Waals surface area contributed by atoms with Crippen LogP contribution in [0.25, 0.3) is 0 Å². The van der Waals surface area contributed by atoms with Gasteiger partial charge in [0, 0.05) is 25.5 Å². The summed E-state index contributed by atoms with van der Waals surface area (Å²) >= 11 is 0. The number of nitrogens with zero attached hydrogens (tertiary/aromatic N) is 4. The summed E-state index contributed by atoms with van der Waals surface area (Å²) < 4.78 is 0. The second kappa shape index (κ2) is 4.03. The molecule has 4 rings (SSSR count). The van der Waals surface area contributed by atoms with Gasteiger partial charge >= 0.3 is 0 Å². The van der Waals surface area contributed by atoms with E-state index in [1.165, 1.54) is 0 Å². The van der Waals surface area contributed by atoms with Gasteiger partial charge in [0.15, 0.2) is 5.82 Å². The lowest BCUT2D eigenvalue weighted by Crippen LogP contribution is -2.25. The van der Waals surface area contributed by atoms with Crippen LogP contribution >= 0.6 is 0 Å². The molecule has 0 spiro atoms. The third-order valence-electron chi connectivity index (χ3n) is 3.82. The van der Waals surface area contributed by atoms with E-state index in [2.05, 4.69) is 14.9 Å². The van der Waals surface area contributed by atoms with Crippen LogP contribution in [-0.2, 0) is 0 Å². The van der Waals surface area contributed by atoms with Crippen LogP contribution in [0.5, 0.6) is 0 Å². The van der Waals surface area contributed by atoms with E-state index in [0.717, 1.165) is 30.2 Å². The normalized spacial score (nSPS) is 17.6. The largest absolute Gasteiger partial charge is 0.308 e. The van der Waals surface area contributed by atoms with E-state index in [1.807, 2.05) is 18.2 Å². The number of pyridine rings is 2. The van der Waals surface area contributed by atoms with E-state index in [-0.39, 0.29) is 5.91 Å². The molecule has 0 bridgehead atoms. The van der Waals surface area contributed by atoms with Crippen LogP contribution in [0.15, 0.2) is 36.7 Å². The highest BCUT2D eigenvalue weighted by molar-refractivity contribution is 6.12. The first-order chi connectivity index (χ1) is 9.77. The minimum Gasteiger partial charge on any atom is -0.308 e. The molecule has 1 fully saturated rings. The zero-order chi connectivity index (χ0) is 13.7. The molecule has 2 aromatic rings. The molecule has 2 aliphatic rings. The van der Waals surface area contributed by atoms with Gasteiger partial charge in [0.25, 0.3) is 5.91 Å². The van der Waals surface area contributed by atoms with E-state index < -0.39 is 0 Å². The number of hydrogen-bond acceptors (Lipinski definition) is 4. The molecule has 2 aromatic heterocycles. The molecule has 1 aliphatic carbocycles. The fraction of sp³-hybridized carbons (Fsp3) is 0.267. The average Bonchev–Trinajstić information content (AvgIpc) is 3.32. The molecular weight excluding hydrogens is 252 g/mol. The molecule has 5 heteroatoms.